The normalized spacial score (nSPS) is 13.7. The van der Waals surface area contributed by atoms with Crippen LogP contribution in [0, 0.1) is 20.8 Å². The van der Waals surface area contributed by atoms with Gasteiger partial charge in [-0.15, -0.1) is 11.3 Å². The second-order valence-corrected chi connectivity index (χ2v) is 8.96. The Bertz CT molecular complexity index is 1020. The molecule has 1 aromatic heterocycles. The highest BCUT2D eigenvalue weighted by atomic mass is 32.1. The minimum absolute atomic E-state index is 0.0348. The predicted octanol–water partition coefficient (Wildman–Crippen LogP) is 4.76. The molecule has 0 amide bonds. The van der Waals surface area contributed by atoms with Crippen LogP contribution in [-0.4, -0.2) is 59.1 Å². The van der Waals surface area contributed by atoms with Gasteiger partial charge in [-0.25, -0.2) is 9.59 Å². The van der Waals surface area contributed by atoms with E-state index in [1.807, 2.05) is 37.4 Å². The number of aliphatic carboxylic acids is 2. The Labute approximate surface area is 204 Å². The molecule has 1 saturated heterocycles. The molecule has 0 spiro atoms. The molecule has 1 aliphatic rings. The number of nitrogens with zero attached hydrogens (tertiary/aromatic N) is 1. The summed E-state index contributed by atoms with van der Waals surface area (Å²) in [6, 6.07) is 5.94. The van der Waals surface area contributed by atoms with Gasteiger partial charge < -0.3 is 14.9 Å². The number of rotatable bonds is 9. The quantitative estimate of drug-likeness (QED) is 0.390. The van der Waals surface area contributed by atoms with E-state index >= 15 is 0 Å². The molecule has 7 nitrogen and oxygen atoms in total. The van der Waals surface area contributed by atoms with Crippen molar-refractivity contribution >= 4 is 35.1 Å². The van der Waals surface area contributed by atoms with Crippen LogP contribution in [0.15, 0.2) is 41.8 Å². The number of carboxylic acids is 2. The second kappa shape index (κ2) is 13.5. The predicted molar refractivity (Wildman–Crippen MR) is 134 cm³/mol. The summed E-state index contributed by atoms with van der Waals surface area (Å²) in [5, 5.41) is 17.7. The molecule has 0 atom stereocenters. The molecule has 3 rings (SSSR count). The van der Waals surface area contributed by atoms with E-state index in [0.29, 0.717) is 18.8 Å². The average Bonchev–Trinajstić information content (AvgIpc) is 3.44. The van der Waals surface area contributed by atoms with Gasteiger partial charge in [0.05, 0.1) is 0 Å². The summed E-state index contributed by atoms with van der Waals surface area (Å²) in [6.45, 7) is 10.1. The molecule has 0 radical (unpaired) electrons. The molecule has 1 fully saturated rings. The number of carbonyl (C=O) groups is 3. The summed E-state index contributed by atoms with van der Waals surface area (Å²) in [5.74, 6) is -1.56. The van der Waals surface area contributed by atoms with Gasteiger partial charge in [-0.3, -0.25) is 9.69 Å². The lowest BCUT2D eigenvalue weighted by Crippen LogP contribution is -2.25. The maximum absolute atomic E-state index is 12.5. The van der Waals surface area contributed by atoms with Gasteiger partial charge in [0.15, 0.2) is 5.78 Å². The second-order valence-electron chi connectivity index (χ2n) is 8.01. The summed E-state index contributed by atoms with van der Waals surface area (Å²) in [7, 11) is 0. The third-order valence-corrected chi connectivity index (χ3v) is 6.24. The van der Waals surface area contributed by atoms with E-state index < -0.39 is 11.9 Å². The van der Waals surface area contributed by atoms with Crippen LogP contribution in [0.4, 0.5) is 0 Å². The molecule has 2 N–H and O–H groups in total. The number of carbonyl (C=O) groups excluding carboxylic acids is 1. The zero-order chi connectivity index (χ0) is 25.1. The Kier molecular flexibility index (Phi) is 10.7. The fourth-order valence-corrected chi connectivity index (χ4v) is 4.37. The van der Waals surface area contributed by atoms with Gasteiger partial charge >= 0.3 is 11.9 Å². The van der Waals surface area contributed by atoms with E-state index in [1.165, 1.54) is 31.5 Å². The van der Waals surface area contributed by atoms with Crippen molar-refractivity contribution in [2.75, 3.05) is 26.2 Å². The van der Waals surface area contributed by atoms with Gasteiger partial charge in [0.2, 0.25) is 0 Å². The fourth-order valence-electron chi connectivity index (χ4n) is 3.55. The fraction of sp³-hybridized carbons (Fsp3) is 0.346. The molecule has 0 unspecified atom stereocenters. The number of hydrogen-bond acceptors (Lipinski definition) is 6. The number of ketones is 1. The number of likely N-dealkylation sites (tertiary alicyclic amines) is 1. The molecule has 1 aliphatic heterocycles. The standard InChI is InChI=1S/C22H27NO2S.C4H4O4/c1-16-8-13-26-21(16)7-6-20(24)19-14-17(2)22(18(3)15-19)25-12-11-23-9-4-5-10-23;5-3(6)1-2-4(7)8/h6-8,13-15H,4-5,9-12H2,1-3H3;1-2H,(H,5,6)(H,7,8). The van der Waals surface area contributed by atoms with Gasteiger partial charge in [0.25, 0.3) is 0 Å². The molecule has 0 saturated carbocycles. The lowest BCUT2D eigenvalue weighted by atomic mass is 10.0. The van der Waals surface area contributed by atoms with Crippen molar-refractivity contribution in [2.45, 2.75) is 33.6 Å². The maximum atomic E-state index is 12.5. The lowest BCUT2D eigenvalue weighted by molar-refractivity contribution is -0.134. The first kappa shape index (κ1) is 27.0. The highest BCUT2D eigenvalue weighted by Crippen LogP contribution is 2.26. The highest BCUT2D eigenvalue weighted by molar-refractivity contribution is 7.11. The Balaban J connectivity index is 0.000000440. The summed E-state index contributed by atoms with van der Waals surface area (Å²) in [5.41, 5.74) is 3.97. The number of aryl methyl sites for hydroxylation is 3. The van der Waals surface area contributed by atoms with E-state index in [0.717, 1.165) is 33.9 Å². The van der Waals surface area contributed by atoms with Crippen molar-refractivity contribution in [3.8, 4) is 5.75 Å². The van der Waals surface area contributed by atoms with Crippen LogP contribution < -0.4 is 4.74 Å². The molecule has 1 aromatic carbocycles. The first-order chi connectivity index (χ1) is 16.2. The van der Waals surface area contributed by atoms with Crippen LogP contribution >= 0.6 is 11.3 Å². The van der Waals surface area contributed by atoms with E-state index in [2.05, 4.69) is 17.9 Å². The third-order valence-electron chi connectivity index (χ3n) is 5.25. The maximum Gasteiger partial charge on any atom is 0.328 e. The first-order valence-corrected chi connectivity index (χ1v) is 11.9. The Hall–Kier alpha value is -3.23. The van der Waals surface area contributed by atoms with Gasteiger partial charge in [-0.2, -0.15) is 0 Å². The molecule has 0 aliphatic carbocycles. The molecule has 182 valence electrons. The number of hydrogen-bond donors (Lipinski definition) is 2. The van der Waals surface area contributed by atoms with Crippen molar-refractivity contribution in [3.63, 3.8) is 0 Å². The SMILES string of the molecule is Cc1ccsc1C=CC(=O)c1cc(C)c(OCCN2CCCC2)c(C)c1.O=C(O)C=CC(=O)O. The molecule has 0 bridgehead atoms. The first-order valence-electron chi connectivity index (χ1n) is 11.0. The largest absolute Gasteiger partial charge is 0.492 e. The third kappa shape index (κ3) is 8.96. The van der Waals surface area contributed by atoms with Crippen molar-refractivity contribution in [2.24, 2.45) is 0 Å². The molecule has 34 heavy (non-hydrogen) atoms. The van der Waals surface area contributed by atoms with Crippen molar-refractivity contribution in [3.05, 3.63) is 68.9 Å². The van der Waals surface area contributed by atoms with Crippen LogP contribution in [0.1, 0.15) is 44.8 Å². The van der Waals surface area contributed by atoms with E-state index in [1.54, 1.807) is 17.4 Å². The lowest BCUT2D eigenvalue weighted by Gasteiger charge is -2.17. The molecule has 2 heterocycles. The Morgan fingerprint density at radius 1 is 0.971 bits per heavy atom. The van der Waals surface area contributed by atoms with Crippen molar-refractivity contribution in [1.29, 1.82) is 0 Å². The number of allylic oxidation sites excluding steroid dienone is 1. The zero-order valence-corrected chi connectivity index (χ0v) is 20.6. The zero-order valence-electron chi connectivity index (χ0n) is 19.7. The smallest absolute Gasteiger partial charge is 0.328 e. The molecular formula is C26H31NO6S. The Morgan fingerprint density at radius 3 is 2.06 bits per heavy atom. The monoisotopic (exact) mass is 485 g/mol. The number of carboxylic acid groups (broad SMARTS) is 2. The number of thiophene rings is 1. The molecule has 2 aromatic rings. The van der Waals surface area contributed by atoms with Gasteiger partial charge in [0.1, 0.15) is 12.4 Å². The van der Waals surface area contributed by atoms with E-state index in [-0.39, 0.29) is 5.78 Å². The van der Waals surface area contributed by atoms with Crippen LogP contribution in [0.5, 0.6) is 5.75 Å². The summed E-state index contributed by atoms with van der Waals surface area (Å²) in [6.07, 6.45) is 7.29. The average molecular weight is 486 g/mol. The van der Waals surface area contributed by atoms with Gasteiger partial charge in [-0.05, 0) is 99.1 Å². The van der Waals surface area contributed by atoms with E-state index in [9.17, 15) is 14.4 Å². The van der Waals surface area contributed by atoms with Gasteiger partial charge in [0, 0.05) is 29.1 Å². The van der Waals surface area contributed by atoms with Gasteiger partial charge in [-0.1, -0.05) is 0 Å². The van der Waals surface area contributed by atoms with Crippen molar-refractivity contribution in [1.82, 2.24) is 4.90 Å². The highest BCUT2D eigenvalue weighted by Gasteiger charge is 2.13. The number of benzene rings is 1. The minimum atomic E-state index is -1.26. The molecule has 8 heteroatoms. The van der Waals surface area contributed by atoms with Crippen LogP contribution in [0.3, 0.4) is 0 Å². The summed E-state index contributed by atoms with van der Waals surface area (Å²) in [4.78, 5) is 35.2. The number of ether oxygens (including phenoxy) is 1. The van der Waals surface area contributed by atoms with Crippen LogP contribution in [-0.2, 0) is 9.59 Å². The molecular weight excluding hydrogens is 454 g/mol. The summed E-state index contributed by atoms with van der Waals surface area (Å²) >= 11 is 1.65. The summed E-state index contributed by atoms with van der Waals surface area (Å²) < 4.78 is 6.03. The topological polar surface area (TPSA) is 104 Å². The Morgan fingerprint density at radius 2 is 1.56 bits per heavy atom. The van der Waals surface area contributed by atoms with E-state index in [4.69, 9.17) is 14.9 Å². The minimum Gasteiger partial charge on any atom is -0.492 e. The van der Waals surface area contributed by atoms with Crippen LogP contribution in [0.2, 0.25) is 0 Å². The van der Waals surface area contributed by atoms with Crippen LogP contribution in [0.25, 0.3) is 6.08 Å². The van der Waals surface area contributed by atoms with Crippen molar-refractivity contribution < 1.29 is 29.3 Å².